The van der Waals surface area contributed by atoms with E-state index in [9.17, 15) is 14.0 Å². The van der Waals surface area contributed by atoms with E-state index < -0.39 is 17.6 Å². The van der Waals surface area contributed by atoms with Crippen LogP contribution in [0.15, 0.2) is 71.1 Å². The Balaban J connectivity index is 1.82. The van der Waals surface area contributed by atoms with Crippen LogP contribution in [0.1, 0.15) is 43.2 Å². The Bertz CT molecular complexity index is 1070. The minimum Gasteiger partial charge on any atom is -0.362 e. The van der Waals surface area contributed by atoms with Crippen LogP contribution in [0.25, 0.3) is 0 Å². The highest BCUT2D eigenvalue weighted by molar-refractivity contribution is 6.09. The number of halogens is 1. The van der Waals surface area contributed by atoms with Gasteiger partial charge in [-0.25, -0.2) is 4.39 Å². The normalized spacial score (nSPS) is 19.0. The molecule has 2 aromatic rings. The summed E-state index contributed by atoms with van der Waals surface area (Å²) in [6.45, 7) is 3.82. The molecule has 0 saturated heterocycles. The third kappa shape index (κ3) is 3.48. The van der Waals surface area contributed by atoms with Gasteiger partial charge < -0.3 is 10.6 Å². The molecule has 1 heterocycles. The Kier molecular flexibility index (Phi) is 5.05. The third-order valence-electron chi connectivity index (χ3n) is 5.64. The lowest BCUT2D eigenvalue weighted by atomic mass is 9.74. The highest BCUT2D eigenvalue weighted by atomic mass is 19.1. The molecule has 1 aliphatic carbocycles. The number of dihydropyridines is 1. The Labute approximate surface area is 169 Å². The average molecular weight is 390 g/mol. The van der Waals surface area contributed by atoms with Gasteiger partial charge in [0.2, 0.25) is 0 Å². The molecule has 0 bridgehead atoms. The topological polar surface area (TPSA) is 58.2 Å². The van der Waals surface area contributed by atoms with E-state index >= 15 is 0 Å². The summed E-state index contributed by atoms with van der Waals surface area (Å²) >= 11 is 0. The molecule has 1 atom stereocenters. The van der Waals surface area contributed by atoms with Crippen molar-refractivity contribution in [2.75, 3.05) is 5.32 Å². The van der Waals surface area contributed by atoms with Crippen LogP contribution in [0, 0.1) is 12.7 Å². The van der Waals surface area contributed by atoms with Gasteiger partial charge in [0.05, 0.1) is 5.69 Å². The first-order valence-electron chi connectivity index (χ1n) is 9.83. The molecule has 0 aromatic heterocycles. The third-order valence-corrected chi connectivity index (χ3v) is 5.64. The second kappa shape index (κ2) is 7.66. The zero-order valence-electron chi connectivity index (χ0n) is 16.5. The van der Waals surface area contributed by atoms with Gasteiger partial charge in [-0.3, -0.25) is 9.59 Å². The Hall–Kier alpha value is -3.21. The van der Waals surface area contributed by atoms with Gasteiger partial charge in [-0.2, -0.15) is 0 Å². The van der Waals surface area contributed by atoms with E-state index in [2.05, 4.69) is 10.6 Å². The van der Waals surface area contributed by atoms with Gasteiger partial charge in [0.25, 0.3) is 5.91 Å². The summed E-state index contributed by atoms with van der Waals surface area (Å²) in [5.41, 5.74) is 4.76. The van der Waals surface area contributed by atoms with Crippen LogP contribution >= 0.6 is 0 Å². The minimum atomic E-state index is -0.496. The Morgan fingerprint density at radius 3 is 2.55 bits per heavy atom. The lowest BCUT2D eigenvalue weighted by Crippen LogP contribution is -2.35. The molecule has 1 amide bonds. The van der Waals surface area contributed by atoms with Crippen molar-refractivity contribution in [2.24, 2.45) is 0 Å². The van der Waals surface area contributed by atoms with E-state index in [-0.39, 0.29) is 11.5 Å². The molecule has 2 N–H and O–H groups in total. The van der Waals surface area contributed by atoms with Crippen molar-refractivity contribution >= 4 is 17.4 Å². The maximum Gasteiger partial charge on any atom is 0.254 e. The van der Waals surface area contributed by atoms with Crippen LogP contribution in [-0.2, 0) is 9.59 Å². The lowest BCUT2D eigenvalue weighted by molar-refractivity contribution is -0.116. The molecular weight excluding hydrogens is 367 g/mol. The fourth-order valence-corrected chi connectivity index (χ4v) is 4.26. The molecule has 5 heteroatoms. The second-order valence-electron chi connectivity index (χ2n) is 7.56. The number of anilines is 1. The summed E-state index contributed by atoms with van der Waals surface area (Å²) in [6, 6.07) is 13.9. The first-order chi connectivity index (χ1) is 14.0. The van der Waals surface area contributed by atoms with Crippen LogP contribution in [-0.4, -0.2) is 11.7 Å². The molecule has 4 rings (SSSR count). The van der Waals surface area contributed by atoms with Crippen LogP contribution in [0.2, 0.25) is 0 Å². The smallest absolute Gasteiger partial charge is 0.254 e. The number of Topliss-reactive ketones (excluding diaryl/α,β-unsaturated/α-hetero) is 1. The lowest BCUT2D eigenvalue weighted by Gasteiger charge is -2.35. The second-order valence-corrected chi connectivity index (χ2v) is 7.56. The van der Waals surface area contributed by atoms with E-state index in [0.717, 1.165) is 29.7 Å². The molecule has 0 unspecified atom stereocenters. The van der Waals surface area contributed by atoms with Crippen molar-refractivity contribution < 1.29 is 14.0 Å². The number of hydrogen-bond acceptors (Lipinski definition) is 3. The first kappa shape index (κ1) is 19.1. The zero-order valence-corrected chi connectivity index (χ0v) is 16.5. The number of benzene rings is 2. The molecule has 1 aliphatic heterocycles. The number of rotatable bonds is 3. The molecule has 0 saturated carbocycles. The maximum atomic E-state index is 14.1. The summed E-state index contributed by atoms with van der Waals surface area (Å²) in [4.78, 5) is 26.2. The number of carbonyl (C=O) groups excluding carboxylic acids is 2. The van der Waals surface area contributed by atoms with Crippen molar-refractivity contribution in [2.45, 2.75) is 39.0 Å². The van der Waals surface area contributed by atoms with Crippen LogP contribution in [0.5, 0.6) is 0 Å². The molecule has 0 fully saturated rings. The van der Waals surface area contributed by atoms with Gasteiger partial charge in [0, 0.05) is 34.9 Å². The van der Waals surface area contributed by atoms with Crippen molar-refractivity contribution in [3.63, 3.8) is 0 Å². The average Bonchev–Trinajstić information content (AvgIpc) is 2.69. The van der Waals surface area contributed by atoms with Crippen molar-refractivity contribution in [1.82, 2.24) is 5.32 Å². The highest BCUT2D eigenvalue weighted by Crippen LogP contribution is 2.43. The largest absolute Gasteiger partial charge is 0.362 e. The van der Waals surface area contributed by atoms with Gasteiger partial charge in [-0.1, -0.05) is 36.4 Å². The van der Waals surface area contributed by atoms with Crippen LogP contribution < -0.4 is 10.6 Å². The summed E-state index contributed by atoms with van der Waals surface area (Å²) in [6.07, 6.45) is 2.06. The zero-order chi connectivity index (χ0) is 20.5. The van der Waals surface area contributed by atoms with Gasteiger partial charge in [0.15, 0.2) is 5.78 Å². The van der Waals surface area contributed by atoms with E-state index in [4.69, 9.17) is 0 Å². The predicted octanol–water partition coefficient (Wildman–Crippen LogP) is 4.74. The molecule has 2 aromatic carbocycles. The fourth-order valence-electron chi connectivity index (χ4n) is 4.26. The summed E-state index contributed by atoms with van der Waals surface area (Å²) in [7, 11) is 0. The van der Waals surface area contributed by atoms with Gasteiger partial charge >= 0.3 is 0 Å². The summed E-state index contributed by atoms with van der Waals surface area (Å²) in [5, 5.41) is 5.98. The number of aryl methyl sites for hydroxylation is 1. The van der Waals surface area contributed by atoms with Crippen molar-refractivity contribution in [1.29, 1.82) is 0 Å². The predicted molar refractivity (Wildman–Crippen MR) is 111 cm³/mol. The quantitative estimate of drug-likeness (QED) is 0.796. The number of amides is 1. The molecule has 0 spiro atoms. The van der Waals surface area contributed by atoms with Crippen LogP contribution in [0.4, 0.5) is 10.1 Å². The van der Waals surface area contributed by atoms with Crippen molar-refractivity contribution in [3.8, 4) is 0 Å². The van der Waals surface area contributed by atoms with E-state index in [0.29, 0.717) is 23.3 Å². The molecule has 0 radical (unpaired) electrons. The number of carbonyl (C=O) groups is 2. The van der Waals surface area contributed by atoms with E-state index in [1.165, 1.54) is 12.1 Å². The van der Waals surface area contributed by atoms with Gasteiger partial charge in [0.1, 0.15) is 5.82 Å². The molecule has 2 aliphatic rings. The van der Waals surface area contributed by atoms with Gasteiger partial charge in [-0.05, 0) is 49.9 Å². The number of nitrogens with one attached hydrogen (secondary N) is 2. The number of para-hydroxylation sites is 1. The summed E-state index contributed by atoms with van der Waals surface area (Å²) < 4.78 is 14.1. The number of hydrogen-bond donors (Lipinski definition) is 2. The molecule has 29 heavy (non-hydrogen) atoms. The Morgan fingerprint density at radius 1 is 1.07 bits per heavy atom. The van der Waals surface area contributed by atoms with Gasteiger partial charge in [-0.15, -0.1) is 0 Å². The highest BCUT2D eigenvalue weighted by Gasteiger charge is 2.39. The van der Waals surface area contributed by atoms with Crippen LogP contribution in [0.3, 0.4) is 0 Å². The SMILES string of the molecule is CC1=C(C(=O)Nc2ccccc2F)[C@H](c2ccccc2C)C2=C(CCCC2=O)N1. The standard InChI is InChI=1S/C24H23FN2O2/c1-14-8-3-4-9-16(14)22-21(24(29)27-18-11-6-5-10-17(18)25)15(2)26-19-12-7-13-20(28)23(19)22/h3-6,8-11,22,26H,7,12-13H2,1-2H3,(H,27,29)/t22-/m0/s1. The maximum absolute atomic E-state index is 14.1. The van der Waals surface area contributed by atoms with Crippen molar-refractivity contribution in [3.05, 3.63) is 88.0 Å². The van der Waals surface area contributed by atoms with E-state index in [1.807, 2.05) is 38.1 Å². The summed E-state index contributed by atoms with van der Waals surface area (Å²) in [5.74, 6) is -1.30. The molecule has 148 valence electrons. The molecular formula is C24H23FN2O2. The van der Waals surface area contributed by atoms with E-state index in [1.54, 1.807) is 12.1 Å². The fraction of sp³-hybridized carbons (Fsp3) is 0.250. The number of ketones is 1. The monoisotopic (exact) mass is 390 g/mol. The Morgan fingerprint density at radius 2 is 1.79 bits per heavy atom. The first-order valence-corrected chi connectivity index (χ1v) is 9.83. The number of allylic oxidation sites excluding steroid dienone is 3. The minimum absolute atomic E-state index is 0.0655. The molecule has 4 nitrogen and oxygen atoms in total.